The van der Waals surface area contributed by atoms with Crippen LogP contribution in [0.5, 0.6) is 0 Å². The molecule has 0 fully saturated rings. The fraction of sp³-hybridized carbons (Fsp3) is 0.0149. The summed E-state index contributed by atoms with van der Waals surface area (Å²) in [5.41, 5.74) is 23.6. The average Bonchev–Trinajstić information content (AvgIpc) is 4.06. The lowest BCUT2D eigenvalue weighted by Crippen LogP contribution is -2.26. The van der Waals surface area contributed by atoms with Gasteiger partial charge in [0.2, 0.25) is 0 Å². The van der Waals surface area contributed by atoms with Crippen LogP contribution in [-0.2, 0) is 5.41 Å². The van der Waals surface area contributed by atoms with Gasteiger partial charge in [-0.25, -0.2) is 0 Å². The van der Waals surface area contributed by atoms with E-state index in [0.29, 0.717) is 0 Å². The van der Waals surface area contributed by atoms with Crippen LogP contribution in [0.2, 0.25) is 0 Å². The molecule has 2 heteroatoms. The van der Waals surface area contributed by atoms with Gasteiger partial charge in [-0.05, 0) is 109 Å². The Morgan fingerprint density at radius 3 is 1.46 bits per heavy atom. The van der Waals surface area contributed by atoms with Gasteiger partial charge in [0.25, 0.3) is 0 Å². The number of hydrogen-bond donors (Lipinski definition) is 0. The van der Waals surface area contributed by atoms with Gasteiger partial charge in [0.05, 0.1) is 16.8 Å². The summed E-state index contributed by atoms with van der Waals surface area (Å²) in [6, 6.07) is 95.7. The molecule has 0 bridgehead atoms. The Hall–Kier alpha value is -8.98. The molecule has 0 N–H and O–H groups in total. The lowest BCUT2D eigenvalue weighted by Gasteiger charge is -2.33. The smallest absolute Gasteiger partial charge is 0.143 e. The summed E-state index contributed by atoms with van der Waals surface area (Å²) in [5.74, 6) is 0. The van der Waals surface area contributed by atoms with Crippen molar-refractivity contribution < 1.29 is 4.42 Å². The molecule has 14 rings (SSSR count). The van der Waals surface area contributed by atoms with Crippen LogP contribution in [0.15, 0.2) is 265 Å². The topological polar surface area (TPSA) is 16.4 Å². The molecule has 69 heavy (non-hydrogen) atoms. The number of fused-ring (bicyclic) bond motifs is 14. The Balaban J connectivity index is 1.11. The Morgan fingerprint density at radius 2 is 0.812 bits per heavy atom. The van der Waals surface area contributed by atoms with E-state index < -0.39 is 5.41 Å². The second kappa shape index (κ2) is 15.6. The van der Waals surface area contributed by atoms with Crippen LogP contribution >= 0.6 is 0 Å². The molecule has 1 unspecified atom stereocenters. The predicted molar refractivity (Wildman–Crippen MR) is 286 cm³/mol. The van der Waals surface area contributed by atoms with E-state index in [1.54, 1.807) is 0 Å². The molecule has 2 nitrogen and oxygen atoms in total. The Morgan fingerprint density at radius 1 is 0.290 bits per heavy atom. The minimum absolute atomic E-state index is 0.609. The third kappa shape index (κ3) is 5.92. The van der Waals surface area contributed by atoms with E-state index in [4.69, 9.17) is 4.42 Å². The first-order valence-electron chi connectivity index (χ1n) is 23.8. The van der Waals surface area contributed by atoms with E-state index in [0.717, 1.165) is 77.9 Å². The highest BCUT2D eigenvalue weighted by Crippen LogP contribution is 2.66. The molecule has 322 valence electrons. The molecular weight excluding hydrogens is 835 g/mol. The van der Waals surface area contributed by atoms with Gasteiger partial charge in [0.15, 0.2) is 0 Å². The molecule has 2 aliphatic carbocycles. The number of hydrogen-bond acceptors (Lipinski definition) is 2. The second-order valence-electron chi connectivity index (χ2n) is 18.3. The number of anilines is 3. The minimum atomic E-state index is -0.609. The summed E-state index contributed by atoms with van der Waals surface area (Å²) in [5, 5.41) is 2.28. The molecule has 11 aromatic carbocycles. The van der Waals surface area contributed by atoms with Gasteiger partial charge in [0.1, 0.15) is 11.2 Å². The van der Waals surface area contributed by atoms with E-state index in [-0.39, 0.29) is 0 Å². The van der Waals surface area contributed by atoms with Crippen LogP contribution < -0.4 is 4.90 Å². The SMILES string of the molecule is c1ccc(-c2cc(-c3ccccc3)cc(N(c3cc(-c4ccccc4)ccc3-c3ccccc3)c3cccc4c3-c3ccccc3C43c4ccccc4-c4c3ccc3c4oc4ccccc43)c2)cc1. The highest BCUT2D eigenvalue weighted by Gasteiger charge is 2.53. The van der Waals surface area contributed by atoms with Crippen molar-refractivity contribution in [2.24, 2.45) is 0 Å². The number of para-hydroxylation sites is 1. The van der Waals surface area contributed by atoms with Crippen molar-refractivity contribution >= 4 is 39.0 Å². The zero-order valence-electron chi connectivity index (χ0n) is 37.7. The van der Waals surface area contributed by atoms with Gasteiger partial charge < -0.3 is 9.32 Å². The Labute approximate surface area is 401 Å². The predicted octanol–water partition coefficient (Wildman–Crippen LogP) is 18.1. The summed E-state index contributed by atoms with van der Waals surface area (Å²) in [6.45, 7) is 0. The molecule has 0 amide bonds. The summed E-state index contributed by atoms with van der Waals surface area (Å²) in [6.07, 6.45) is 0. The van der Waals surface area contributed by atoms with Crippen LogP contribution in [0.25, 0.3) is 88.7 Å². The third-order valence-electron chi connectivity index (χ3n) is 14.7. The van der Waals surface area contributed by atoms with Crippen molar-refractivity contribution in [3.8, 4) is 66.8 Å². The zero-order valence-corrected chi connectivity index (χ0v) is 37.7. The molecule has 0 radical (unpaired) electrons. The second-order valence-corrected chi connectivity index (χ2v) is 18.3. The van der Waals surface area contributed by atoms with E-state index >= 15 is 0 Å². The summed E-state index contributed by atoms with van der Waals surface area (Å²) < 4.78 is 6.90. The van der Waals surface area contributed by atoms with Crippen LogP contribution in [0.1, 0.15) is 22.3 Å². The van der Waals surface area contributed by atoms with Crippen LogP contribution in [0, 0.1) is 0 Å². The van der Waals surface area contributed by atoms with Crippen molar-refractivity contribution in [1.82, 2.24) is 0 Å². The molecule has 1 spiro atoms. The third-order valence-corrected chi connectivity index (χ3v) is 14.7. The number of rotatable bonds is 7. The average molecular weight is 878 g/mol. The van der Waals surface area contributed by atoms with E-state index in [1.165, 1.54) is 50.1 Å². The number of nitrogens with zero attached hydrogens (tertiary/aromatic N) is 1. The van der Waals surface area contributed by atoms with Crippen molar-refractivity contribution in [2.75, 3.05) is 4.90 Å². The number of benzene rings is 11. The molecule has 12 aromatic rings. The van der Waals surface area contributed by atoms with Crippen LogP contribution in [0.3, 0.4) is 0 Å². The highest BCUT2D eigenvalue weighted by atomic mass is 16.3. The molecule has 1 aromatic heterocycles. The molecular formula is C67H43NO. The summed E-state index contributed by atoms with van der Waals surface area (Å²) in [4.78, 5) is 2.56. The van der Waals surface area contributed by atoms with E-state index in [2.05, 4.69) is 266 Å². The maximum Gasteiger partial charge on any atom is 0.143 e. The lowest BCUT2D eigenvalue weighted by atomic mass is 9.70. The highest BCUT2D eigenvalue weighted by molar-refractivity contribution is 6.14. The Kier molecular flexibility index (Phi) is 8.84. The normalized spacial score (nSPS) is 14.1. The van der Waals surface area contributed by atoms with Gasteiger partial charge in [-0.3, -0.25) is 0 Å². The first kappa shape index (κ1) is 39.2. The fourth-order valence-corrected chi connectivity index (χ4v) is 11.7. The van der Waals surface area contributed by atoms with Crippen LogP contribution in [0.4, 0.5) is 17.1 Å². The monoisotopic (exact) mass is 877 g/mol. The molecule has 0 saturated heterocycles. The molecule has 1 atom stereocenters. The van der Waals surface area contributed by atoms with Crippen molar-refractivity contribution in [2.45, 2.75) is 5.41 Å². The van der Waals surface area contributed by atoms with Gasteiger partial charge in [-0.1, -0.05) is 224 Å². The Bertz CT molecular complexity index is 3890. The van der Waals surface area contributed by atoms with Crippen LogP contribution in [-0.4, -0.2) is 0 Å². The van der Waals surface area contributed by atoms with Crippen molar-refractivity contribution in [3.63, 3.8) is 0 Å². The van der Waals surface area contributed by atoms with E-state index in [1.807, 2.05) is 0 Å². The van der Waals surface area contributed by atoms with Crippen molar-refractivity contribution in [3.05, 3.63) is 283 Å². The van der Waals surface area contributed by atoms with E-state index in [9.17, 15) is 0 Å². The summed E-state index contributed by atoms with van der Waals surface area (Å²) in [7, 11) is 0. The maximum atomic E-state index is 6.90. The molecule has 0 aliphatic heterocycles. The lowest BCUT2D eigenvalue weighted by molar-refractivity contribution is 0.669. The van der Waals surface area contributed by atoms with Gasteiger partial charge in [-0.2, -0.15) is 0 Å². The first-order chi connectivity index (χ1) is 34.2. The quantitative estimate of drug-likeness (QED) is 0.159. The fourth-order valence-electron chi connectivity index (χ4n) is 11.7. The minimum Gasteiger partial charge on any atom is -0.455 e. The zero-order chi connectivity index (χ0) is 45.5. The largest absolute Gasteiger partial charge is 0.455 e. The molecule has 0 saturated carbocycles. The van der Waals surface area contributed by atoms with Gasteiger partial charge in [-0.15, -0.1) is 0 Å². The van der Waals surface area contributed by atoms with Gasteiger partial charge in [0, 0.05) is 33.2 Å². The molecule has 2 aliphatic rings. The van der Waals surface area contributed by atoms with Gasteiger partial charge >= 0.3 is 0 Å². The first-order valence-corrected chi connectivity index (χ1v) is 23.8. The molecule has 1 heterocycles. The number of furan rings is 1. The van der Waals surface area contributed by atoms with Crippen molar-refractivity contribution in [1.29, 1.82) is 0 Å². The standard InChI is InChI=1S/C67H43NO/c1-5-20-44(21-6-1)48-36-37-52(47-26-11-4-12-27-47)62(43-48)68(51-41-49(45-22-7-2-8-23-45)40-50(42-51)46-24-9-3-10-25-46)61-34-19-33-59-64(61)55-29-13-16-31-57(55)67(59)58-32-17-14-30-56(58)65-60(67)39-38-54-53-28-15-18-35-63(53)69-66(54)65/h1-43H. The summed E-state index contributed by atoms with van der Waals surface area (Å²) >= 11 is 0. The maximum absolute atomic E-state index is 6.90.